The highest BCUT2D eigenvalue weighted by Crippen LogP contribution is 2.45. The summed E-state index contributed by atoms with van der Waals surface area (Å²) in [5, 5.41) is 2.77. The van der Waals surface area contributed by atoms with E-state index in [4.69, 9.17) is 0 Å². The molecule has 5 nitrogen and oxygen atoms in total. The van der Waals surface area contributed by atoms with Gasteiger partial charge in [0.2, 0.25) is 15.9 Å². The normalized spacial score (nSPS) is 21.8. The molecule has 108 valence electrons. The largest absolute Gasteiger partial charge is 0.325 e. The lowest BCUT2D eigenvalue weighted by Gasteiger charge is -2.36. The van der Waals surface area contributed by atoms with E-state index in [-0.39, 0.29) is 24.8 Å². The third-order valence-electron chi connectivity index (χ3n) is 4.23. The van der Waals surface area contributed by atoms with Crippen LogP contribution in [0.2, 0.25) is 0 Å². The van der Waals surface area contributed by atoms with Gasteiger partial charge in [-0.05, 0) is 36.6 Å². The highest BCUT2D eigenvalue weighted by atomic mass is 32.2. The monoisotopic (exact) mass is 298 g/mol. The second kappa shape index (κ2) is 4.26. The molecule has 1 fully saturated rings. The minimum absolute atomic E-state index is 0.161. The molecule has 1 aromatic carbocycles. The quantitative estimate of drug-likeness (QED) is 0.843. The van der Waals surface area contributed by atoms with E-state index >= 15 is 0 Å². The molecule has 3 rings (SSSR count). The Labute approximate surface area is 116 Å². The summed E-state index contributed by atoms with van der Waals surface area (Å²) in [7, 11) is -3.25. The highest BCUT2D eigenvalue weighted by molar-refractivity contribution is 7.88. The number of hydrogen-bond donors (Lipinski definition) is 1. The summed E-state index contributed by atoms with van der Waals surface area (Å²) >= 11 is 0. The predicted octanol–water partition coefficient (Wildman–Crippen LogP) is 1.07. The summed E-state index contributed by atoms with van der Waals surface area (Å²) in [6, 6.07) is 4.24. The molecule has 1 aromatic rings. The minimum Gasteiger partial charge on any atom is -0.325 e. The van der Waals surface area contributed by atoms with Crippen molar-refractivity contribution < 1.29 is 17.6 Å². The summed E-state index contributed by atoms with van der Waals surface area (Å²) in [4.78, 5) is 12.3. The fraction of sp³-hybridized carbons (Fsp3) is 0.462. The maximum atomic E-state index is 13.4. The first-order valence-corrected chi connectivity index (χ1v) is 8.24. The van der Waals surface area contributed by atoms with Crippen molar-refractivity contribution in [1.29, 1.82) is 0 Å². The van der Waals surface area contributed by atoms with Crippen molar-refractivity contribution in [2.45, 2.75) is 18.3 Å². The zero-order valence-electron chi connectivity index (χ0n) is 11.0. The summed E-state index contributed by atoms with van der Waals surface area (Å²) in [6.07, 6.45) is 1.91. The maximum absolute atomic E-state index is 13.4. The molecule has 20 heavy (non-hydrogen) atoms. The van der Waals surface area contributed by atoms with Gasteiger partial charge < -0.3 is 5.32 Å². The average Bonchev–Trinajstić information content (AvgIpc) is 2.63. The lowest BCUT2D eigenvalue weighted by Crippen LogP contribution is -2.48. The number of fused-ring (bicyclic) bond motifs is 2. The minimum atomic E-state index is -3.25. The Morgan fingerprint density at radius 1 is 1.30 bits per heavy atom. The third kappa shape index (κ3) is 1.92. The number of nitrogens with zero attached hydrogens (tertiary/aromatic N) is 1. The predicted molar refractivity (Wildman–Crippen MR) is 72.4 cm³/mol. The van der Waals surface area contributed by atoms with Gasteiger partial charge in [-0.2, -0.15) is 0 Å². The fourth-order valence-electron chi connectivity index (χ4n) is 3.08. The van der Waals surface area contributed by atoms with Crippen LogP contribution in [0.1, 0.15) is 18.4 Å². The third-order valence-corrected chi connectivity index (χ3v) is 5.53. The van der Waals surface area contributed by atoms with Crippen LogP contribution in [0, 0.1) is 5.82 Å². The van der Waals surface area contributed by atoms with Gasteiger partial charge in [-0.1, -0.05) is 0 Å². The molecule has 0 atom stereocenters. The van der Waals surface area contributed by atoms with Crippen LogP contribution in [0.3, 0.4) is 0 Å². The van der Waals surface area contributed by atoms with Crippen molar-refractivity contribution in [3.05, 3.63) is 29.6 Å². The molecule has 0 aromatic heterocycles. The van der Waals surface area contributed by atoms with E-state index in [1.807, 2.05) is 0 Å². The lowest BCUT2D eigenvalue weighted by atomic mass is 9.74. The molecule has 1 spiro atoms. The highest BCUT2D eigenvalue weighted by Gasteiger charge is 2.49. The number of nitrogens with one attached hydrogen (secondary N) is 1. The van der Waals surface area contributed by atoms with Crippen LogP contribution in [0.15, 0.2) is 18.2 Å². The van der Waals surface area contributed by atoms with Crippen molar-refractivity contribution in [2.75, 3.05) is 24.7 Å². The zero-order chi connectivity index (χ0) is 14.5. The summed E-state index contributed by atoms with van der Waals surface area (Å²) in [5.41, 5.74) is 0.485. The molecule has 1 amide bonds. The van der Waals surface area contributed by atoms with Crippen LogP contribution in [0.4, 0.5) is 10.1 Å². The van der Waals surface area contributed by atoms with Crippen LogP contribution in [-0.2, 0) is 20.2 Å². The molecule has 0 unspecified atom stereocenters. The molecule has 1 saturated heterocycles. The Hall–Kier alpha value is -1.47. The molecular formula is C13H15FN2O3S. The summed E-state index contributed by atoms with van der Waals surface area (Å²) in [5.74, 6) is -0.545. The van der Waals surface area contributed by atoms with Gasteiger partial charge in [0.1, 0.15) is 5.82 Å². The first-order valence-electron chi connectivity index (χ1n) is 6.39. The second-order valence-corrected chi connectivity index (χ2v) is 7.37. The van der Waals surface area contributed by atoms with Crippen molar-refractivity contribution in [1.82, 2.24) is 4.31 Å². The second-order valence-electron chi connectivity index (χ2n) is 5.39. The number of piperidine rings is 1. The van der Waals surface area contributed by atoms with Crippen LogP contribution in [-0.4, -0.2) is 38.0 Å². The van der Waals surface area contributed by atoms with Crippen molar-refractivity contribution in [2.24, 2.45) is 0 Å². The van der Waals surface area contributed by atoms with Crippen LogP contribution in [0.25, 0.3) is 0 Å². The zero-order valence-corrected chi connectivity index (χ0v) is 11.8. The smallest absolute Gasteiger partial charge is 0.235 e. The molecule has 7 heteroatoms. The molecular weight excluding hydrogens is 283 g/mol. The number of sulfonamides is 1. The van der Waals surface area contributed by atoms with Crippen LogP contribution < -0.4 is 5.32 Å². The summed E-state index contributed by atoms with van der Waals surface area (Å²) < 4.78 is 37.9. The van der Waals surface area contributed by atoms with E-state index in [1.54, 1.807) is 6.07 Å². The van der Waals surface area contributed by atoms with E-state index in [0.29, 0.717) is 24.1 Å². The number of amides is 1. The van der Waals surface area contributed by atoms with Crippen LogP contribution in [0.5, 0.6) is 0 Å². The number of halogens is 1. The first-order chi connectivity index (χ1) is 9.33. The Bertz CT molecular complexity index is 679. The van der Waals surface area contributed by atoms with E-state index in [2.05, 4.69) is 5.32 Å². The molecule has 2 aliphatic heterocycles. The maximum Gasteiger partial charge on any atom is 0.235 e. The van der Waals surface area contributed by atoms with E-state index in [1.165, 1.54) is 16.4 Å². The Balaban J connectivity index is 1.96. The van der Waals surface area contributed by atoms with E-state index < -0.39 is 15.4 Å². The standard InChI is InChI=1S/C13H15FN2O3S/c1-20(18,19)16-6-4-13(5-7-16)10-8-9(14)2-3-11(10)15-12(13)17/h2-3,8H,4-7H2,1H3,(H,15,17). The van der Waals surface area contributed by atoms with E-state index in [0.717, 1.165) is 6.26 Å². The van der Waals surface area contributed by atoms with Gasteiger partial charge in [0.05, 0.1) is 11.7 Å². The molecule has 2 aliphatic rings. The van der Waals surface area contributed by atoms with Gasteiger partial charge in [-0.25, -0.2) is 17.1 Å². The number of carbonyl (C=O) groups is 1. The van der Waals surface area contributed by atoms with Crippen molar-refractivity contribution in [3.8, 4) is 0 Å². The van der Waals surface area contributed by atoms with Gasteiger partial charge in [0.15, 0.2) is 0 Å². The average molecular weight is 298 g/mol. The van der Waals surface area contributed by atoms with Gasteiger partial charge in [-0.15, -0.1) is 0 Å². The van der Waals surface area contributed by atoms with Gasteiger partial charge in [0.25, 0.3) is 0 Å². The number of carbonyl (C=O) groups excluding carboxylic acids is 1. The molecule has 0 bridgehead atoms. The lowest BCUT2D eigenvalue weighted by molar-refractivity contribution is -0.122. The first kappa shape index (κ1) is 13.5. The number of anilines is 1. The number of rotatable bonds is 1. The van der Waals surface area contributed by atoms with Crippen molar-refractivity contribution in [3.63, 3.8) is 0 Å². The Morgan fingerprint density at radius 2 is 1.95 bits per heavy atom. The number of hydrogen-bond acceptors (Lipinski definition) is 3. The van der Waals surface area contributed by atoms with Gasteiger partial charge in [0, 0.05) is 18.8 Å². The number of benzene rings is 1. The molecule has 2 heterocycles. The van der Waals surface area contributed by atoms with Gasteiger partial charge in [-0.3, -0.25) is 4.79 Å². The fourth-order valence-corrected chi connectivity index (χ4v) is 3.93. The SMILES string of the molecule is CS(=O)(=O)N1CCC2(CC1)C(=O)Nc1ccc(F)cc12. The molecule has 0 radical (unpaired) electrons. The van der Waals surface area contributed by atoms with Crippen molar-refractivity contribution >= 4 is 21.6 Å². The molecule has 0 aliphatic carbocycles. The Morgan fingerprint density at radius 3 is 2.55 bits per heavy atom. The Kier molecular flexibility index (Phi) is 2.88. The molecule has 0 saturated carbocycles. The van der Waals surface area contributed by atoms with Gasteiger partial charge >= 0.3 is 0 Å². The van der Waals surface area contributed by atoms with E-state index in [9.17, 15) is 17.6 Å². The topological polar surface area (TPSA) is 66.5 Å². The summed E-state index contributed by atoms with van der Waals surface area (Å²) in [6.45, 7) is 0.560. The van der Waals surface area contributed by atoms with Crippen LogP contribution >= 0.6 is 0 Å². The molecule has 1 N–H and O–H groups in total.